The Hall–Kier alpha value is -3.34. The molecule has 0 unspecified atom stereocenters. The maximum Gasteiger partial charge on any atom is 0.271 e. The predicted molar refractivity (Wildman–Crippen MR) is 96.4 cm³/mol. The lowest BCUT2D eigenvalue weighted by Crippen LogP contribution is -2.19. The molecule has 1 aliphatic heterocycles. The predicted octanol–water partition coefficient (Wildman–Crippen LogP) is 3.37. The molecule has 0 bridgehead atoms. The number of carbonyl (C=O) groups excluding carboxylic acids is 1. The summed E-state index contributed by atoms with van der Waals surface area (Å²) in [6.45, 7) is 1.01. The summed E-state index contributed by atoms with van der Waals surface area (Å²) >= 11 is 0. The molecule has 0 fully saturated rings. The lowest BCUT2D eigenvalue weighted by molar-refractivity contribution is 0.0954. The van der Waals surface area contributed by atoms with Crippen LogP contribution in [0.5, 0.6) is 11.5 Å². The third kappa shape index (κ3) is 3.30. The van der Waals surface area contributed by atoms with Gasteiger partial charge < -0.3 is 9.47 Å². The summed E-state index contributed by atoms with van der Waals surface area (Å²) in [7, 11) is 0. The van der Waals surface area contributed by atoms with Crippen LogP contribution in [0, 0.1) is 0 Å². The van der Waals surface area contributed by atoms with E-state index in [9.17, 15) is 4.79 Å². The molecule has 3 aromatic rings. The van der Waals surface area contributed by atoms with Gasteiger partial charge in [0.15, 0.2) is 11.5 Å². The van der Waals surface area contributed by atoms with Crippen molar-refractivity contribution in [2.45, 2.75) is 0 Å². The average Bonchev–Trinajstić information content (AvgIpc) is 2.67. The monoisotopic (exact) mass is 332 g/mol. The number of amides is 1. The van der Waals surface area contributed by atoms with Crippen LogP contribution in [0.25, 0.3) is 10.8 Å². The molecular weight excluding hydrogens is 316 g/mol. The molecule has 3 aromatic carbocycles. The minimum atomic E-state index is -0.297. The number of hydrogen-bond acceptors (Lipinski definition) is 4. The van der Waals surface area contributed by atoms with Crippen molar-refractivity contribution in [3.8, 4) is 11.5 Å². The summed E-state index contributed by atoms with van der Waals surface area (Å²) in [5, 5.41) is 6.34. The number of hydrazone groups is 1. The van der Waals surface area contributed by atoms with Gasteiger partial charge in [-0.15, -0.1) is 0 Å². The van der Waals surface area contributed by atoms with Crippen molar-refractivity contribution in [1.82, 2.24) is 5.43 Å². The third-order valence-corrected chi connectivity index (χ3v) is 3.96. The van der Waals surface area contributed by atoms with Gasteiger partial charge in [-0.3, -0.25) is 4.79 Å². The number of benzene rings is 3. The first kappa shape index (κ1) is 15.2. The maximum atomic E-state index is 12.2. The second-order valence-corrected chi connectivity index (χ2v) is 5.66. The van der Waals surface area contributed by atoms with E-state index in [0.29, 0.717) is 30.3 Å². The van der Waals surface area contributed by atoms with Gasteiger partial charge in [0.25, 0.3) is 5.91 Å². The van der Waals surface area contributed by atoms with Crippen LogP contribution in [0.3, 0.4) is 0 Å². The highest BCUT2D eigenvalue weighted by atomic mass is 16.6. The van der Waals surface area contributed by atoms with E-state index in [1.807, 2.05) is 36.4 Å². The number of carbonyl (C=O) groups is 1. The Morgan fingerprint density at radius 1 is 0.920 bits per heavy atom. The Morgan fingerprint density at radius 2 is 1.72 bits per heavy atom. The number of hydrogen-bond donors (Lipinski definition) is 1. The highest BCUT2D eigenvalue weighted by Crippen LogP contribution is 2.30. The summed E-state index contributed by atoms with van der Waals surface area (Å²) in [5.41, 5.74) is 3.93. The largest absolute Gasteiger partial charge is 0.486 e. The summed E-state index contributed by atoms with van der Waals surface area (Å²) in [5.74, 6) is 0.939. The van der Waals surface area contributed by atoms with E-state index < -0.39 is 0 Å². The van der Waals surface area contributed by atoms with Gasteiger partial charge in [0.05, 0.1) is 6.21 Å². The lowest BCUT2D eigenvalue weighted by Gasteiger charge is -2.18. The highest BCUT2D eigenvalue weighted by Gasteiger charge is 2.14. The summed E-state index contributed by atoms with van der Waals surface area (Å²) < 4.78 is 10.9. The van der Waals surface area contributed by atoms with Crippen LogP contribution < -0.4 is 14.9 Å². The van der Waals surface area contributed by atoms with E-state index in [-0.39, 0.29) is 5.91 Å². The van der Waals surface area contributed by atoms with Gasteiger partial charge in [0, 0.05) is 5.56 Å². The van der Waals surface area contributed by atoms with Gasteiger partial charge in [-0.25, -0.2) is 5.43 Å². The molecule has 1 heterocycles. The Balaban J connectivity index is 1.46. The van der Waals surface area contributed by atoms with E-state index in [2.05, 4.69) is 16.6 Å². The van der Waals surface area contributed by atoms with E-state index in [4.69, 9.17) is 9.47 Å². The summed E-state index contributed by atoms with van der Waals surface area (Å²) in [6, 6.07) is 19.2. The fourth-order valence-corrected chi connectivity index (χ4v) is 2.70. The first-order valence-corrected chi connectivity index (χ1v) is 8.01. The molecule has 0 aliphatic carbocycles. The number of fused-ring (bicyclic) bond motifs is 2. The van der Waals surface area contributed by atoms with Crippen LogP contribution in [0.4, 0.5) is 0 Å². The molecular formula is C20H16N2O3. The number of ether oxygens (including phenoxy) is 2. The molecule has 0 aromatic heterocycles. The lowest BCUT2D eigenvalue weighted by atomic mass is 10.1. The minimum absolute atomic E-state index is 0.297. The van der Waals surface area contributed by atoms with Crippen molar-refractivity contribution in [1.29, 1.82) is 0 Å². The van der Waals surface area contributed by atoms with Gasteiger partial charge in [-0.05, 0) is 40.6 Å². The molecule has 5 nitrogen and oxygen atoms in total. The number of rotatable bonds is 3. The quantitative estimate of drug-likeness (QED) is 0.591. The molecule has 25 heavy (non-hydrogen) atoms. The highest BCUT2D eigenvalue weighted by molar-refractivity contribution is 5.96. The van der Waals surface area contributed by atoms with Crippen LogP contribution in [-0.2, 0) is 0 Å². The van der Waals surface area contributed by atoms with Crippen molar-refractivity contribution in [2.75, 3.05) is 13.2 Å². The van der Waals surface area contributed by atoms with Crippen LogP contribution in [0.1, 0.15) is 15.9 Å². The van der Waals surface area contributed by atoms with Gasteiger partial charge in [0.2, 0.25) is 0 Å². The van der Waals surface area contributed by atoms with E-state index in [1.165, 1.54) is 5.39 Å². The smallest absolute Gasteiger partial charge is 0.271 e. The first-order chi connectivity index (χ1) is 12.3. The molecule has 5 heteroatoms. The fourth-order valence-electron chi connectivity index (χ4n) is 2.70. The van der Waals surface area contributed by atoms with E-state index in [1.54, 1.807) is 24.4 Å². The zero-order valence-corrected chi connectivity index (χ0v) is 13.4. The summed E-state index contributed by atoms with van der Waals surface area (Å²) in [6.07, 6.45) is 1.63. The number of nitrogens with one attached hydrogen (secondary N) is 1. The normalized spacial score (nSPS) is 13.1. The number of nitrogens with zero attached hydrogens (tertiary/aromatic N) is 1. The fraction of sp³-hybridized carbons (Fsp3) is 0.100. The third-order valence-electron chi connectivity index (χ3n) is 3.96. The van der Waals surface area contributed by atoms with Crippen molar-refractivity contribution in [3.05, 3.63) is 71.8 Å². The molecule has 124 valence electrons. The zero-order chi connectivity index (χ0) is 17.1. The van der Waals surface area contributed by atoms with Gasteiger partial charge in [-0.2, -0.15) is 5.10 Å². The molecule has 0 spiro atoms. The minimum Gasteiger partial charge on any atom is -0.486 e. The van der Waals surface area contributed by atoms with Crippen LogP contribution >= 0.6 is 0 Å². The Bertz CT molecular complexity index is 966. The van der Waals surface area contributed by atoms with Crippen molar-refractivity contribution in [2.24, 2.45) is 5.10 Å². The zero-order valence-electron chi connectivity index (χ0n) is 13.4. The second kappa shape index (κ2) is 6.65. The van der Waals surface area contributed by atoms with Gasteiger partial charge in [0.1, 0.15) is 13.2 Å². The van der Waals surface area contributed by atoms with Crippen LogP contribution in [-0.4, -0.2) is 25.3 Å². The Kier molecular flexibility index (Phi) is 4.04. The molecule has 0 saturated carbocycles. The van der Waals surface area contributed by atoms with Crippen molar-refractivity contribution >= 4 is 22.9 Å². The molecule has 1 amide bonds. The topological polar surface area (TPSA) is 59.9 Å². The Labute approximate surface area is 144 Å². The van der Waals surface area contributed by atoms with Gasteiger partial charge >= 0.3 is 0 Å². The average molecular weight is 332 g/mol. The van der Waals surface area contributed by atoms with Crippen molar-refractivity contribution in [3.63, 3.8) is 0 Å². The maximum absolute atomic E-state index is 12.2. The molecule has 0 saturated heterocycles. The van der Waals surface area contributed by atoms with E-state index in [0.717, 1.165) is 10.9 Å². The van der Waals surface area contributed by atoms with Crippen molar-refractivity contribution < 1.29 is 14.3 Å². The second-order valence-electron chi connectivity index (χ2n) is 5.66. The molecule has 1 N–H and O–H groups in total. The standard InChI is InChI=1S/C20H16N2O3/c23-20(17-7-8-18-19(12-17)25-10-9-24-18)22-21-13-14-5-6-15-3-1-2-4-16(15)11-14/h1-8,11-13H,9-10H2,(H,22,23)/b21-13+. The van der Waals surface area contributed by atoms with Crippen LogP contribution in [0.2, 0.25) is 0 Å². The molecule has 0 atom stereocenters. The first-order valence-electron chi connectivity index (χ1n) is 8.01. The molecule has 0 radical (unpaired) electrons. The summed E-state index contributed by atoms with van der Waals surface area (Å²) in [4.78, 5) is 12.2. The van der Waals surface area contributed by atoms with Gasteiger partial charge in [-0.1, -0.05) is 36.4 Å². The van der Waals surface area contributed by atoms with E-state index >= 15 is 0 Å². The molecule has 4 rings (SSSR count). The SMILES string of the molecule is O=C(N/N=C/c1ccc2ccccc2c1)c1ccc2c(c1)OCCO2. The molecule has 1 aliphatic rings. The Morgan fingerprint density at radius 3 is 2.60 bits per heavy atom. The van der Waals surface area contributed by atoms with Crippen LogP contribution in [0.15, 0.2) is 65.8 Å².